The van der Waals surface area contributed by atoms with E-state index in [-0.39, 0.29) is 12.5 Å². The first-order chi connectivity index (χ1) is 17.9. The topological polar surface area (TPSA) is 9.23 Å². The molecule has 0 aliphatic heterocycles. The summed E-state index contributed by atoms with van der Waals surface area (Å²) in [7, 11) is 0. The molecule has 0 atom stereocenters. The van der Waals surface area contributed by atoms with Gasteiger partial charge in [0.15, 0.2) is 0 Å². The summed E-state index contributed by atoms with van der Waals surface area (Å²) in [6, 6.07) is 12.5. The van der Waals surface area contributed by atoms with Gasteiger partial charge in [0.25, 0.3) is 0 Å². The summed E-state index contributed by atoms with van der Waals surface area (Å²) in [4.78, 5) is 0. The molecule has 0 heterocycles. The summed E-state index contributed by atoms with van der Waals surface area (Å²) >= 11 is 0. The lowest BCUT2D eigenvalue weighted by atomic mass is 9.77. The molecule has 37 heavy (non-hydrogen) atoms. The number of halogens is 3. The summed E-state index contributed by atoms with van der Waals surface area (Å²) in [5.41, 5.74) is 2.46. The number of benzene rings is 2. The Kier molecular flexibility index (Phi) is 9.92. The van der Waals surface area contributed by atoms with E-state index < -0.39 is 17.5 Å². The van der Waals surface area contributed by atoms with Crippen LogP contribution < -0.4 is 0 Å². The zero-order valence-electron chi connectivity index (χ0n) is 22.5. The fraction of sp³-hybridized carbons (Fsp3) is 0.576. The minimum Gasteiger partial charge on any atom is -0.316 e. The number of ether oxygens (including phenoxy) is 1. The van der Waals surface area contributed by atoms with E-state index in [1.165, 1.54) is 49.8 Å². The number of hydrogen-bond acceptors (Lipinski definition) is 1. The quantitative estimate of drug-likeness (QED) is 0.288. The van der Waals surface area contributed by atoms with Crippen LogP contribution in [0.1, 0.15) is 112 Å². The smallest absolute Gasteiger partial charge is 0.316 e. The minimum atomic E-state index is -3.65. The van der Waals surface area contributed by atoms with E-state index in [4.69, 9.17) is 4.74 Å². The van der Waals surface area contributed by atoms with Crippen molar-refractivity contribution in [1.29, 1.82) is 0 Å². The Balaban J connectivity index is 1.26. The van der Waals surface area contributed by atoms with E-state index in [1.807, 2.05) is 19.1 Å². The molecule has 1 nitrogen and oxygen atoms in total. The standard InChI is InChI=1S/C33H43F3O/c1-3-4-5-6-25-9-17-29(18-10-25)30-19-20-31(32(34)23-30)33(35,36)37-22-21-26-11-15-28(16-12-26)27-13-7-24(2)8-14-27/h3-4,11-12,15-16,19-20,23-25,27,29H,5-10,13-14,17-18,21-22H2,1-2H3/b4-3+. The van der Waals surface area contributed by atoms with Gasteiger partial charge in [-0.3, -0.25) is 0 Å². The molecule has 0 N–H and O–H groups in total. The monoisotopic (exact) mass is 512 g/mol. The molecule has 0 spiro atoms. The molecule has 2 aliphatic rings. The van der Waals surface area contributed by atoms with Crippen LogP contribution in [0.15, 0.2) is 54.6 Å². The lowest BCUT2D eigenvalue weighted by Gasteiger charge is -2.29. The van der Waals surface area contributed by atoms with Crippen molar-refractivity contribution >= 4 is 0 Å². The first kappa shape index (κ1) is 28.0. The number of hydrogen-bond donors (Lipinski definition) is 0. The molecule has 0 amide bonds. The molecule has 0 aromatic heterocycles. The van der Waals surface area contributed by atoms with Crippen molar-refractivity contribution in [2.75, 3.05) is 6.61 Å². The van der Waals surface area contributed by atoms with Crippen molar-refractivity contribution in [2.24, 2.45) is 11.8 Å². The van der Waals surface area contributed by atoms with Gasteiger partial charge >= 0.3 is 6.11 Å². The first-order valence-corrected chi connectivity index (χ1v) is 14.4. The van der Waals surface area contributed by atoms with Gasteiger partial charge in [0, 0.05) is 0 Å². The fourth-order valence-electron chi connectivity index (χ4n) is 6.23. The number of rotatable bonds is 10. The van der Waals surface area contributed by atoms with Crippen LogP contribution in [-0.4, -0.2) is 6.61 Å². The molecular formula is C33H43F3O. The van der Waals surface area contributed by atoms with Crippen LogP contribution in [0.4, 0.5) is 13.2 Å². The fourth-order valence-corrected chi connectivity index (χ4v) is 6.23. The molecule has 2 aromatic carbocycles. The highest BCUT2D eigenvalue weighted by Gasteiger charge is 2.36. The Morgan fingerprint density at radius 2 is 1.49 bits per heavy atom. The van der Waals surface area contributed by atoms with E-state index in [1.54, 1.807) is 6.07 Å². The molecule has 2 saturated carbocycles. The van der Waals surface area contributed by atoms with Crippen LogP contribution in [-0.2, 0) is 17.3 Å². The molecule has 2 aliphatic carbocycles. The van der Waals surface area contributed by atoms with Crippen LogP contribution in [0.25, 0.3) is 0 Å². The second kappa shape index (κ2) is 13.1. The number of allylic oxidation sites excluding steroid dienone is 2. The Labute approximate surface area is 221 Å². The van der Waals surface area contributed by atoms with Crippen molar-refractivity contribution in [1.82, 2.24) is 0 Å². The van der Waals surface area contributed by atoms with Crippen LogP contribution in [0, 0.1) is 17.7 Å². The lowest BCUT2D eigenvalue weighted by Crippen LogP contribution is -2.22. The van der Waals surface area contributed by atoms with Gasteiger partial charge in [-0.05, 0) is 117 Å². The Morgan fingerprint density at radius 1 is 0.865 bits per heavy atom. The van der Waals surface area contributed by atoms with Gasteiger partial charge < -0.3 is 4.74 Å². The van der Waals surface area contributed by atoms with Crippen LogP contribution in [0.5, 0.6) is 0 Å². The molecule has 0 saturated heterocycles. The third-order valence-corrected chi connectivity index (χ3v) is 8.74. The Morgan fingerprint density at radius 3 is 2.14 bits per heavy atom. The summed E-state index contributed by atoms with van der Waals surface area (Å²) in [5, 5.41) is 0. The summed E-state index contributed by atoms with van der Waals surface area (Å²) in [5.74, 6) is 1.50. The largest absolute Gasteiger partial charge is 0.386 e. The highest BCUT2D eigenvalue weighted by Crippen LogP contribution is 2.40. The molecular weight excluding hydrogens is 469 g/mol. The maximum Gasteiger partial charge on any atom is 0.386 e. The minimum absolute atomic E-state index is 0.161. The maximum atomic E-state index is 14.8. The van der Waals surface area contributed by atoms with E-state index in [0.29, 0.717) is 18.3 Å². The second-order valence-electron chi connectivity index (χ2n) is 11.4. The van der Waals surface area contributed by atoms with Crippen molar-refractivity contribution in [3.05, 3.63) is 82.7 Å². The highest BCUT2D eigenvalue weighted by atomic mass is 19.3. The number of alkyl halides is 2. The third-order valence-electron chi connectivity index (χ3n) is 8.74. The zero-order chi connectivity index (χ0) is 26.3. The van der Waals surface area contributed by atoms with Gasteiger partial charge in [0.1, 0.15) is 5.82 Å². The molecule has 0 unspecified atom stereocenters. The van der Waals surface area contributed by atoms with Crippen molar-refractivity contribution < 1.29 is 17.9 Å². The molecule has 202 valence electrons. The third kappa shape index (κ3) is 7.72. The summed E-state index contributed by atoms with van der Waals surface area (Å²) < 4.78 is 49.3. The van der Waals surface area contributed by atoms with Gasteiger partial charge in [-0.25, -0.2) is 4.39 Å². The average molecular weight is 513 g/mol. The van der Waals surface area contributed by atoms with Crippen molar-refractivity contribution in [3.63, 3.8) is 0 Å². The lowest BCUT2D eigenvalue weighted by molar-refractivity contribution is -0.249. The molecule has 2 aromatic rings. The molecule has 4 rings (SSSR count). The van der Waals surface area contributed by atoms with Crippen LogP contribution in [0.2, 0.25) is 0 Å². The van der Waals surface area contributed by atoms with Crippen LogP contribution in [0.3, 0.4) is 0 Å². The van der Waals surface area contributed by atoms with Crippen molar-refractivity contribution in [2.45, 2.75) is 102 Å². The first-order valence-electron chi connectivity index (χ1n) is 14.4. The normalized spacial score (nSPS) is 25.0. The zero-order valence-corrected chi connectivity index (χ0v) is 22.5. The Hall–Kier alpha value is -2.07. The van der Waals surface area contributed by atoms with Gasteiger partial charge in [-0.1, -0.05) is 62.2 Å². The second-order valence-corrected chi connectivity index (χ2v) is 11.4. The van der Waals surface area contributed by atoms with Gasteiger partial charge in [-0.15, -0.1) is 0 Å². The molecule has 0 bridgehead atoms. The average Bonchev–Trinajstić information content (AvgIpc) is 2.90. The molecule has 0 radical (unpaired) electrons. The highest BCUT2D eigenvalue weighted by molar-refractivity contribution is 5.29. The van der Waals surface area contributed by atoms with Gasteiger partial charge in [0.05, 0.1) is 12.2 Å². The van der Waals surface area contributed by atoms with Crippen molar-refractivity contribution in [3.8, 4) is 0 Å². The predicted octanol–water partition coefficient (Wildman–Crippen LogP) is 10.1. The van der Waals surface area contributed by atoms with E-state index in [2.05, 4.69) is 31.2 Å². The predicted molar refractivity (Wildman–Crippen MR) is 146 cm³/mol. The SMILES string of the molecule is C/C=C/CCC1CCC(c2ccc(C(F)(F)OCCc3ccc(C4CCC(C)CC4)cc3)c(F)c2)CC1. The van der Waals surface area contributed by atoms with Gasteiger partial charge in [-0.2, -0.15) is 8.78 Å². The summed E-state index contributed by atoms with van der Waals surface area (Å²) in [6.45, 7) is 4.19. The van der Waals surface area contributed by atoms with Gasteiger partial charge in [0.2, 0.25) is 0 Å². The van der Waals surface area contributed by atoms with E-state index in [9.17, 15) is 13.2 Å². The van der Waals surface area contributed by atoms with E-state index >= 15 is 0 Å². The molecule has 2 fully saturated rings. The van der Waals surface area contributed by atoms with Crippen LogP contribution >= 0.6 is 0 Å². The van der Waals surface area contributed by atoms with E-state index in [0.717, 1.165) is 49.1 Å². The molecule has 4 heteroatoms. The summed E-state index contributed by atoms with van der Waals surface area (Å²) in [6.07, 6.45) is 12.5. The maximum absolute atomic E-state index is 14.8. The Bertz CT molecular complexity index is 997.